The Labute approximate surface area is 84.9 Å². The minimum absolute atomic E-state index is 0.460. The molecule has 2 aromatic heterocycles. The molecule has 74 valence electrons. The van der Waals surface area contributed by atoms with Gasteiger partial charge in [-0.25, -0.2) is 4.98 Å². The molecule has 5 heteroatoms. The van der Waals surface area contributed by atoms with Crippen molar-refractivity contribution in [2.75, 3.05) is 5.73 Å². The number of fused-ring (bicyclic) bond motifs is 1. The van der Waals surface area contributed by atoms with E-state index >= 15 is 0 Å². The van der Waals surface area contributed by atoms with E-state index in [2.05, 4.69) is 15.2 Å². The van der Waals surface area contributed by atoms with E-state index in [0.29, 0.717) is 5.82 Å². The van der Waals surface area contributed by atoms with Gasteiger partial charge in [0.15, 0.2) is 12.0 Å². The van der Waals surface area contributed by atoms with Gasteiger partial charge in [-0.15, -0.1) is 0 Å². The normalized spacial score (nSPS) is 10.9. The molecule has 0 unspecified atom stereocenters. The highest BCUT2D eigenvalue weighted by Crippen LogP contribution is 2.27. The lowest BCUT2D eigenvalue weighted by atomic mass is 10.1. The van der Waals surface area contributed by atoms with Gasteiger partial charge in [-0.2, -0.15) is 5.10 Å². The number of para-hydroxylation sites is 1. The first-order valence-corrected chi connectivity index (χ1v) is 4.48. The Kier molecular flexibility index (Phi) is 1.53. The summed E-state index contributed by atoms with van der Waals surface area (Å²) in [6, 6.07) is 7.50. The van der Waals surface area contributed by atoms with E-state index in [-0.39, 0.29) is 0 Å². The molecule has 0 saturated heterocycles. The van der Waals surface area contributed by atoms with E-state index in [0.717, 1.165) is 22.4 Å². The van der Waals surface area contributed by atoms with Crippen LogP contribution in [0.4, 0.5) is 5.82 Å². The van der Waals surface area contributed by atoms with Gasteiger partial charge in [0, 0.05) is 11.6 Å². The Morgan fingerprint density at radius 3 is 3.07 bits per heavy atom. The lowest BCUT2D eigenvalue weighted by Crippen LogP contribution is -1.81. The summed E-state index contributed by atoms with van der Waals surface area (Å²) in [6.45, 7) is 0. The van der Waals surface area contributed by atoms with Crippen molar-refractivity contribution < 1.29 is 4.42 Å². The highest BCUT2D eigenvalue weighted by Gasteiger charge is 2.09. The number of rotatable bonds is 1. The Bertz CT molecular complexity index is 610. The zero-order chi connectivity index (χ0) is 10.3. The van der Waals surface area contributed by atoms with Crippen LogP contribution in [0.15, 0.2) is 35.1 Å². The number of anilines is 1. The zero-order valence-electron chi connectivity index (χ0n) is 7.77. The first-order valence-electron chi connectivity index (χ1n) is 4.48. The van der Waals surface area contributed by atoms with E-state index < -0.39 is 0 Å². The molecular formula is C10H8N4O. The van der Waals surface area contributed by atoms with E-state index in [1.54, 1.807) is 6.07 Å². The third kappa shape index (κ3) is 1.17. The molecule has 3 rings (SSSR count). The van der Waals surface area contributed by atoms with Crippen LogP contribution in [0.5, 0.6) is 0 Å². The van der Waals surface area contributed by atoms with Crippen LogP contribution in [-0.2, 0) is 0 Å². The molecule has 0 saturated carbocycles. The smallest absolute Gasteiger partial charge is 0.182 e. The number of benzene rings is 1. The summed E-state index contributed by atoms with van der Waals surface area (Å²) in [4.78, 5) is 4.08. The van der Waals surface area contributed by atoms with Gasteiger partial charge in [-0.05, 0) is 12.1 Å². The number of nitrogen functional groups attached to an aromatic ring is 1. The Balaban J connectivity index is 2.30. The van der Waals surface area contributed by atoms with Gasteiger partial charge in [0.2, 0.25) is 0 Å². The van der Waals surface area contributed by atoms with Crippen LogP contribution in [0.2, 0.25) is 0 Å². The third-order valence-corrected chi connectivity index (χ3v) is 2.24. The van der Waals surface area contributed by atoms with Crippen molar-refractivity contribution in [1.29, 1.82) is 0 Å². The molecule has 0 aliphatic carbocycles. The van der Waals surface area contributed by atoms with Crippen LogP contribution >= 0.6 is 0 Å². The lowest BCUT2D eigenvalue weighted by molar-refractivity contribution is 0.603. The fraction of sp³-hybridized carbons (Fsp3) is 0. The van der Waals surface area contributed by atoms with Crippen LogP contribution in [0, 0.1) is 0 Å². The van der Waals surface area contributed by atoms with Gasteiger partial charge >= 0.3 is 0 Å². The molecule has 0 atom stereocenters. The number of oxazole rings is 1. The molecule has 3 aromatic rings. The number of hydrogen-bond donors (Lipinski definition) is 2. The Morgan fingerprint density at radius 1 is 1.33 bits per heavy atom. The average Bonchev–Trinajstić information content (AvgIpc) is 2.84. The topological polar surface area (TPSA) is 80.7 Å². The highest BCUT2D eigenvalue weighted by molar-refractivity contribution is 5.89. The van der Waals surface area contributed by atoms with Crippen molar-refractivity contribution in [3.05, 3.63) is 30.7 Å². The summed E-state index contributed by atoms with van der Waals surface area (Å²) < 4.78 is 5.31. The number of aromatic amines is 1. The summed E-state index contributed by atoms with van der Waals surface area (Å²) in [5.74, 6) is 0.460. The summed E-state index contributed by atoms with van der Waals surface area (Å²) in [5.41, 5.74) is 8.84. The van der Waals surface area contributed by atoms with Gasteiger partial charge < -0.3 is 10.2 Å². The molecule has 0 radical (unpaired) electrons. The van der Waals surface area contributed by atoms with Crippen LogP contribution in [0.1, 0.15) is 0 Å². The number of nitrogens with one attached hydrogen (secondary N) is 1. The standard InChI is InChI=1S/C10H8N4O/c11-9-4-8(13-14-9)6-2-1-3-7-10(6)15-5-12-7/h1-5H,(H3,11,13,14). The maximum absolute atomic E-state index is 5.55. The molecule has 5 nitrogen and oxygen atoms in total. The number of nitrogens with two attached hydrogens (primary N) is 1. The predicted octanol–water partition coefficient (Wildman–Crippen LogP) is 1.80. The molecule has 3 N–H and O–H groups in total. The molecule has 0 amide bonds. The molecule has 1 aromatic carbocycles. The molecule has 0 spiro atoms. The van der Waals surface area contributed by atoms with Crippen molar-refractivity contribution in [1.82, 2.24) is 15.2 Å². The van der Waals surface area contributed by atoms with Crippen LogP contribution < -0.4 is 5.73 Å². The fourth-order valence-electron chi connectivity index (χ4n) is 1.57. The largest absolute Gasteiger partial charge is 0.443 e. The quantitative estimate of drug-likeness (QED) is 0.627. The van der Waals surface area contributed by atoms with Gasteiger partial charge in [0.25, 0.3) is 0 Å². The third-order valence-electron chi connectivity index (χ3n) is 2.24. The van der Waals surface area contributed by atoms with Gasteiger partial charge in [-0.1, -0.05) is 6.07 Å². The minimum Gasteiger partial charge on any atom is -0.443 e. The fourth-order valence-corrected chi connectivity index (χ4v) is 1.57. The van der Waals surface area contributed by atoms with E-state index in [9.17, 15) is 0 Å². The second-order valence-corrected chi connectivity index (χ2v) is 3.21. The van der Waals surface area contributed by atoms with E-state index in [1.165, 1.54) is 6.39 Å². The SMILES string of the molecule is Nc1cc(-c2cccc3ncoc23)[nH]n1. The average molecular weight is 200 g/mol. The van der Waals surface area contributed by atoms with Crippen LogP contribution in [0.25, 0.3) is 22.4 Å². The number of aromatic nitrogens is 3. The van der Waals surface area contributed by atoms with Crippen molar-refractivity contribution >= 4 is 16.9 Å². The van der Waals surface area contributed by atoms with Gasteiger partial charge in [0.05, 0.1) is 5.69 Å². The summed E-state index contributed by atoms with van der Waals surface area (Å²) >= 11 is 0. The molecule has 0 fully saturated rings. The predicted molar refractivity (Wildman–Crippen MR) is 56.0 cm³/mol. The van der Waals surface area contributed by atoms with Crippen molar-refractivity contribution in [3.63, 3.8) is 0 Å². The minimum atomic E-state index is 0.460. The molecule has 0 aliphatic heterocycles. The maximum atomic E-state index is 5.55. The zero-order valence-corrected chi connectivity index (χ0v) is 7.77. The second-order valence-electron chi connectivity index (χ2n) is 3.21. The Hall–Kier alpha value is -2.30. The van der Waals surface area contributed by atoms with Crippen LogP contribution in [0.3, 0.4) is 0 Å². The first-order chi connectivity index (χ1) is 7.34. The highest BCUT2D eigenvalue weighted by atomic mass is 16.3. The molecule has 2 heterocycles. The summed E-state index contributed by atoms with van der Waals surface area (Å²) in [7, 11) is 0. The van der Waals surface area contributed by atoms with Gasteiger partial charge in [-0.3, -0.25) is 5.10 Å². The lowest BCUT2D eigenvalue weighted by Gasteiger charge is -1.96. The molecule has 15 heavy (non-hydrogen) atoms. The summed E-state index contributed by atoms with van der Waals surface area (Å²) in [5, 5.41) is 6.72. The van der Waals surface area contributed by atoms with Crippen molar-refractivity contribution in [2.24, 2.45) is 0 Å². The monoisotopic (exact) mass is 200 g/mol. The van der Waals surface area contributed by atoms with E-state index in [1.807, 2.05) is 18.2 Å². The van der Waals surface area contributed by atoms with Crippen molar-refractivity contribution in [3.8, 4) is 11.3 Å². The number of H-pyrrole nitrogens is 1. The van der Waals surface area contributed by atoms with E-state index in [4.69, 9.17) is 10.2 Å². The van der Waals surface area contributed by atoms with Gasteiger partial charge in [0.1, 0.15) is 11.3 Å². The number of nitrogens with zero attached hydrogens (tertiary/aromatic N) is 2. The first kappa shape index (κ1) is 8.05. The van der Waals surface area contributed by atoms with Crippen molar-refractivity contribution in [2.45, 2.75) is 0 Å². The maximum Gasteiger partial charge on any atom is 0.182 e. The Morgan fingerprint density at radius 2 is 2.27 bits per heavy atom. The molecular weight excluding hydrogens is 192 g/mol. The molecule has 0 aliphatic rings. The second kappa shape index (κ2) is 2.84. The molecule has 0 bridgehead atoms. The van der Waals surface area contributed by atoms with Crippen LogP contribution in [-0.4, -0.2) is 15.2 Å². The number of hydrogen-bond acceptors (Lipinski definition) is 4. The summed E-state index contributed by atoms with van der Waals surface area (Å²) in [6.07, 6.45) is 1.42.